The van der Waals surface area contributed by atoms with Crippen LogP contribution >= 0.6 is 0 Å². The molecule has 2 atom stereocenters. The maximum absolute atomic E-state index is 12.4. The van der Waals surface area contributed by atoms with E-state index < -0.39 is 12.1 Å². The quantitative estimate of drug-likeness (QED) is 0.0435. The molecule has 0 aliphatic heterocycles. The lowest BCUT2D eigenvalue weighted by molar-refractivity contribution is -0.123. The summed E-state index contributed by atoms with van der Waals surface area (Å²) in [4.78, 5) is 12.4. The van der Waals surface area contributed by atoms with E-state index in [0.717, 1.165) is 89.9 Å². The van der Waals surface area contributed by atoms with Crippen LogP contribution in [0.2, 0.25) is 0 Å². The Morgan fingerprint density at radius 2 is 0.833 bits per heavy atom. The maximum Gasteiger partial charge on any atom is 0.220 e. The lowest BCUT2D eigenvalue weighted by Gasteiger charge is -2.19. The monoisotopic (exact) mass is 746 g/mol. The van der Waals surface area contributed by atoms with Crippen LogP contribution in [-0.2, 0) is 4.79 Å². The smallest absolute Gasteiger partial charge is 0.220 e. The second-order valence-corrected chi connectivity index (χ2v) is 14.4. The Bertz CT molecular complexity index is 1070. The summed E-state index contributed by atoms with van der Waals surface area (Å²) in [6.07, 6.45) is 67.6. The maximum atomic E-state index is 12.4. The van der Waals surface area contributed by atoms with E-state index in [1.165, 1.54) is 70.6 Å². The van der Waals surface area contributed by atoms with E-state index in [0.29, 0.717) is 6.42 Å². The minimum Gasteiger partial charge on any atom is -0.394 e. The molecule has 0 radical (unpaired) electrons. The van der Waals surface area contributed by atoms with Crippen molar-refractivity contribution < 1.29 is 15.0 Å². The van der Waals surface area contributed by atoms with E-state index >= 15 is 0 Å². The van der Waals surface area contributed by atoms with Gasteiger partial charge in [0.1, 0.15) is 0 Å². The first kappa shape index (κ1) is 51.0. The molecule has 0 heterocycles. The summed E-state index contributed by atoms with van der Waals surface area (Å²) in [5.41, 5.74) is 0. The Hall–Kier alpha value is -2.95. The summed E-state index contributed by atoms with van der Waals surface area (Å²) < 4.78 is 0. The van der Waals surface area contributed by atoms with Crippen molar-refractivity contribution in [1.82, 2.24) is 5.32 Å². The summed E-state index contributed by atoms with van der Waals surface area (Å²) in [5, 5.41) is 23.0. The standard InChI is InChI=1S/C50H83NO3/c1-3-5-7-9-11-13-15-17-19-21-22-23-24-25-26-27-28-30-32-34-36-38-40-42-44-46-50(54)51-48(47-52)49(53)45-43-41-39-37-35-33-31-29-20-18-16-14-12-10-8-6-4-2/h5,7,11,13,17,19,22-23,25-26,28,30,34-37,43,45,48-49,52-53H,3-4,6,8-10,12,14-16,18,20-21,24,27,29,31-33,38-42,44,46-47H2,1-2H3,(H,51,54)/b7-5-,13-11-,19-17-,23-22-,26-25-,30-28-,36-34-,37-35+,45-43+. The molecule has 3 N–H and O–H groups in total. The van der Waals surface area contributed by atoms with Crippen LogP contribution < -0.4 is 5.32 Å². The third-order valence-corrected chi connectivity index (χ3v) is 9.24. The molecule has 2 unspecified atom stereocenters. The second kappa shape index (κ2) is 44.4. The Morgan fingerprint density at radius 3 is 1.30 bits per heavy atom. The molecule has 0 aliphatic carbocycles. The lowest BCUT2D eigenvalue weighted by Crippen LogP contribution is -2.45. The van der Waals surface area contributed by atoms with Crippen molar-refractivity contribution in [1.29, 1.82) is 0 Å². The van der Waals surface area contributed by atoms with Crippen LogP contribution in [0.5, 0.6) is 0 Å². The summed E-state index contributed by atoms with van der Waals surface area (Å²) in [7, 11) is 0. The number of nitrogens with one attached hydrogen (secondary N) is 1. The van der Waals surface area contributed by atoms with Gasteiger partial charge in [-0.3, -0.25) is 4.79 Å². The van der Waals surface area contributed by atoms with Crippen LogP contribution in [0.15, 0.2) is 109 Å². The molecular formula is C50H83NO3. The minimum absolute atomic E-state index is 0.111. The number of hydrogen-bond donors (Lipinski definition) is 3. The number of carbonyl (C=O) groups is 1. The first-order valence-electron chi connectivity index (χ1n) is 22.1. The number of aliphatic hydroxyl groups is 2. The Kier molecular flexibility index (Phi) is 42.0. The van der Waals surface area contributed by atoms with Gasteiger partial charge in [-0.2, -0.15) is 0 Å². The van der Waals surface area contributed by atoms with Crippen molar-refractivity contribution in [2.75, 3.05) is 6.61 Å². The van der Waals surface area contributed by atoms with E-state index in [-0.39, 0.29) is 12.5 Å². The van der Waals surface area contributed by atoms with Crippen molar-refractivity contribution >= 4 is 5.91 Å². The van der Waals surface area contributed by atoms with Crippen LogP contribution in [0.1, 0.15) is 181 Å². The molecule has 0 aromatic rings. The van der Waals surface area contributed by atoms with E-state index in [1.54, 1.807) is 6.08 Å². The summed E-state index contributed by atoms with van der Waals surface area (Å²) in [5.74, 6) is -0.111. The molecule has 0 aromatic heterocycles. The first-order valence-corrected chi connectivity index (χ1v) is 22.1. The molecule has 0 spiro atoms. The summed E-state index contributed by atoms with van der Waals surface area (Å²) in [6.45, 7) is 4.15. The normalized spacial score (nSPS) is 14.1. The van der Waals surface area contributed by atoms with Crippen LogP contribution in [-0.4, -0.2) is 34.9 Å². The highest BCUT2D eigenvalue weighted by Crippen LogP contribution is 2.12. The average molecular weight is 746 g/mol. The van der Waals surface area contributed by atoms with Crippen LogP contribution in [0, 0.1) is 0 Å². The van der Waals surface area contributed by atoms with Gasteiger partial charge in [0.25, 0.3) is 0 Å². The number of amides is 1. The molecule has 0 aromatic carbocycles. The zero-order valence-electron chi connectivity index (χ0n) is 34.9. The Balaban J connectivity index is 3.77. The molecule has 0 aliphatic rings. The zero-order chi connectivity index (χ0) is 39.3. The van der Waals surface area contributed by atoms with Gasteiger partial charge in [-0.1, -0.05) is 194 Å². The topological polar surface area (TPSA) is 69.6 Å². The Labute approximate surface area is 334 Å². The van der Waals surface area contributed by atoms with Crippen molar-refractivity contribution in [3.05, 3.63) is 109 Å². The first-order chi connectivity index (χ1) is 26.7. The SMILES string of the molecule is CC/C=C\C/C=C\C/C=C\C/C=C\C/C=C\C/C=C\C/C=C\CCCCCC(=O)NC(CO)C(O)/C=C/CC/C=C/CCCCCCCCCCCCC. The average Bonchev–Trinajstić information content (AvgIpc) is 3.18. The van der Waals surface area contributed by atoms with Crippen molar-refractivity contribution in [3.8, 4) is 0 Å². The third kappa shape index (κ3) is 40.2. The number of allylic oxidation sites excluding steroid dienone is 17. The molecule has 0 rings (SSSR count). The van der Waals surface area contributed by atoms with Gasteiger partial charge in [0.05, 0.1) is 18.8 Å². The van der Waals surface area contributed by atoms with E-state index in [4.69, 9.17) is 0 Å². The molecule has 4 nitrogen and oxygen atoms in total. The number of hydrogen-bond acceptors (Lipinski definition) is 3. The molecule has 0 saturated heterocycles. The number of aliphatic hydroxyl groups excluding tert-OH is 2. The predicted octanol–water partition coefficient (Wildman–Crippen LogP) is 14.0. The van der Waals surface area contributed by atoms with Crippen molar-refractivity contribution in [3.63, 3.8) is 0 Å². The number of unbranched alkanes of at least 4 members (excludes halogenated alkanes) is 15. The number of carbonyl (C=O) groups excluding carboxylic acids is 1. The highest BCUT2D eigenvalue weighted by Gasteiger charge is 2.17. The third-order valence-electron chi connectivity index (χ3n) is 9.24. The van der Waals surface area contributed by atoms with Crippen LogP contribution in [0.4, 0.5) is 0 Å². The van der Waals surface area contributed by atoms with Crippen molar-refractivity contribution in [2.45, 2.75) is 193 Å². The zero-order valence-corrected chi connectivity index (χ0v) is 34.9. The van der Waals surface area contributed by atoms with E-state index in [2.05, 4.69) is 116 Å². The summed E-state index contributed by atoms with van der Waals surface area (Å²) in [6, 6.07) is -0.665. The molecule has 0 saturated carbocycles. The van der Waals surface area contributed by atoms with Gasteiger partial charge in [-0.05, 0) is 89.9 Å². The molecular weight excluding hydrogens is 663 g/mol. The molecule has 54 heavy (non-hydrogen) atoms. The van der Waals surface area contributed by atoms with Crippen LogP contribution in [0.25, 0.3) is 0 Å². The molecule has 4 heteroatoms. The number of rotatable bonds is 38. The van der Waals surface area contributed by atoms with Crippen molar-refractivity contribution in [2.24, 2.45) is 0 Å². The van der Waals surface area contributed by atoms with Gasteiger partial charge in [0.15, 0.2) is 0 Å². The highest BCUT2D eigenvalue weighted by atomic mass is 16.3. The largest absolute Gasteiger partial charge is 0.394 e. The van der Waals surface area contributed by atoms with Crippen LogP contribution in [0.3, 0.4) is 0 Å². The van der Waals surface area contributed by atoms with Gasteiger partial charge in [0, 0.05) is 6.42 Å². The van der Waals surface area contributed by atoms with Gasteiger partial charge < -0.3 is 15.5 Å². The summed E-state index contributed by atoms with van der Waals surface area (Å²) >= 11 is 0. The van der Waals surface area contributed by atoms with E-state index in [9.17, 15) is 15.0 Å². The highest BCUT2D eigenvalue weighted by molar-refractivity contribution is 5.76. The fraction of sp³-hybridized carbons (Fsp3) is 0.620. The fourth-order valence-electron chi connectivity index (χ4n) is 5.88. The van der Waals surface area contributed by atoms with E-state index in [1.807, 2.05) is 6.08 Å². The lowest BCUT2D eigenvalue weighted by atomic mass is 10.1. The van der Waals surface area contributed by atoms with Gasteiger partial charge in [-0.25, -0.2) is 0 Å². The Morgan fingerprint density at radius 1 is 0.463 bits per heavy atom. The van der Waals surface area contributed by atoms with Gasteiger partial charge in [0.2, 0.25) is 5.91 Å². The molecule has 1 amide bonds. The minimum atomic E-state index is -0.884. The molecule has 306 valence electrons. The fourth-order valence-corrected chi connectivity index (χ4v) is 5.88. The van der Waals surface area contributed by atoms with Gasteiger partial charge >= 0.3 is 0 Å². The predicted molar refractivity (Wildman–Crippen MR) is 239 cm³/mol. The van der Waals surface area contributed by atoms with Gasteiger partial charge in [-0.15, -0.1) is 0 Å². The molecule has 0 bridgehead atoms. The molecule has 0 fully saturated rings. The second-order valence-electron chi connectivity index (χ2n) is 14.4.